The lowest BCUT2D eigenvalue weighted by Gasteiger charge is -2.31. The second kappa shape index (κ2) is 13.0. The van der Waals surface area contributed by atoms with E-state index in [2.05, 4.69) is 5.32 Å². The van der Waals surface area contributed by atoms with Crippen LogP contribution >= 0.6 is 11.6 Å². The van der Waals surface area contributed by atoms with Crippen molar-refractivity contribution in [3.8, 4) is 11.5 Å². The Balaban J connectivity index is 2.05. The van der Waals surface area contributed by atoms with Crippen molar-refractivity contribution < 1.29 is 19.1 Å². The normalized spacial score (nSPS) is 11.7. The molecule has 2 aromatic rings. The van der Waals surface area contributed by atoms with E-state index >= 15 is 0 Å². The third kappa shape index (κ3) is 8.08. The van der Waals surface area contributed by atoms with Gasteiger partial charge >= 0.3 is 0 Å². The van der Waals surface area contributed by atoms with Gasteiger partial charge in [-0.15, -0.1) is 0 Å². The Bertz CT molecular complexity index is 853. The summed E-state index contributed by atoms with van der Waals surface area (Å²) in [5, 5.41) is 3.58. The molecule has 1 N–H and O–H groups in total. The highest BCUT2D eigenvalue weighted by Crippen LogP contribution is 2.18. The maximum Gasteiger partial charge on any atom is 0.243 e. The van der Waals surface area contributed by atoms with Crippen LogP contribution < -0.4 is 14.8 Å². The van der Waals surface area contributed by atoms with Crippen molar-refractivity contribution in [2.24, 2.45) is 0 Å². The van der Waals surface area contributed by atoms with Crippen molar-refractivity contribution in [1.29, 1.82) is 0 Å². The molecule has 0 spiro atoms. The second-order valence-corrected chi connectivity index (χ2v) is 8.30. The van der Waals surface area contributed by atoms with Crippen LogP contribution in [0.2, 0.25) is 5.02 Å². The third-order valence-electron chi connectivity index (χ3n) is 4.95. The Kier molecular flexibility index (Phi) is 10.3. The fourth-order valence-corrected chi connectivity index (χ4v) is 3.44. The topological polar surface area (TPSA) is 67.9 Å². The Hall–Kier alpha value is -2.73. The summed E-state index contributed by atoms with van der Waals surface area (Å²) in [5.74, 6) is 1.24. The first-order valence-electron chi connectivity index (χ1n) is 10.9. The van der Waals surface area contributed by atoms with Gasteiger partial charge in [0.15, 0.2) is 0 Å². The number of nitrogens with zero attached hydrogens (tertiary/aromatic N) is 1. The molecule has 0 saturated heterocycles. The summed E-state index contributed by atoms with van der Waals surface area (Å²) in [4.78, 5) is 27.6. The van der Waals surface area contributed by atoms with Gasteiger partial charge in [-0.25, -0.2) is 0 Å². The van der Waals surface area contributed by atoms with Gasteiger partial charge in [-0.3, -0.25) is 9.59 Å². The average Bonchev–Trinajstić information content (AvgIpc) is 2.77. The molecule has 2 aromatic carbocycles. The van der Waals surface area contributed by atoms with Gasteiger partial charge in [-0.2, -0.15) is 0 Å². The smallest absolute Gasteiger partial charge is 0.243 e. The Morgan fingerprint density at radius 2 is 1.66 bits per heavy atom. The van der Waals surface area contributed by atoms with Crippen LogP contribution in [0.3, 0.4) is 0 Å². The first-order valence-corrected chi connectivity index (χ1v) is 11.3. The third-order valence-corrected chi connectivity index (χ3v) is 5.20. The number of methoxy groups -OCH3 is 1. The summed E-state index contributed by atoms with van der Waals surface area (Å²) >= 11 is 5.89. The molecule has 0 unspecified atom stereocenters. The zero-order valence-corrected chi connectivity index (χ0v) is 20.0. The van der Waals surface area contributed by atoms with E-state index in [-0.39, 0.29) is 24.3 Å². The van der Waals surface area contributed by atoms with E-state index in [4.69, 9.17) is 21.1 Å². The fraction of sp³-hybridized carbons (Fsp3) is 0.440. The van der Waals surface area contributed by atoms with Crippen molar-refractivity contribution in [3.05, 3.63) is 59.1 Å². The maximum atomic E-state index is 13.2. The molecule has 0 radical (unpaired) electrons. The summed E-state index contributed by atoms with van der Waals surface area (Å²) < 4.78 is 10.9. The van der Waals surface area contributed by atoms with Crippen molar-refractivity contribution in [2.75, 3.05) is 13.7 Å². The van der Waals surface area contributed by atoms with Crippen LogP contribution in [0.1, 0.15) is 45.6 Å². The van der Waals surface area contributed by atoms with Gasteiger partial charge in [0.25, 0.3) is 0 Å². The molecule has 0 aliphatic heterocycles. The minimum absolute atomic E-state index is 0.00210. The van der Waals surface area contributed by atoms with Gasteiger partial charge in [0, 0.05) is 24.0 Å². The summed E-state index contributed by atoms with van der Waals surface area (Å²) in [7, 11) is 1.61. The van der Waals surface area contributed by atoms with E-state index in [1.165, 1.54) is 0 Å². The molecule has 0 saturated carbocycles. The van der Waals surface area contributed by atoms with Crippen LogP contribution in [-0.4, -0.2) is 42.5 Å². The molecule has 0 bridgehead atoms. The van der Waals surface area contributed by atoms with Gasteiger partial charge in [-0.1, -0.05) is 30.7 Å². The molecule has 0 fully saturated rings. The van der Waals surface area contributed by atoms with Crippen LogP contribution in [0, 0.1) is 0 Å². The lowest BCUT2D eigenvalue weighted by Crippen LogP contribution is -2.50. The van der Waals surface area contributed by atoms with E-state index in [0.29, 0.717) is 36.8 Å². The van der Waals surface area contributed by atoms with E-state index in [1.807, 2.05) is 45.0 Å². The maximum absolute atomic E-state index is 13.2. The van der Waals surface area contributed by atoms with Gasteiger partial charge < -0.3 is 19.7 Å². The minimum Gasteiger partial charge on any atom is -0.497 e. The summed E-state index contributed by atoms with van der Waals surface area (Å²) in [6, 6.07) is 14.1. The lowest BCUT2D eigenvalue weighted by atomic mass is 10.1. The zero-order valence-electron chi connectivity index (χ0n) is 19.3. The van der Waals surface area contributed by atoms with Crippen molar-refractivity contribution in [2.45, 2.75) is 58.7 Å². The summed E-state index contributed by atoms with van der Waals surface area (Å²) in [5.41, 5.74) is 0.937. The standard InChI is InChI=1S/C25H33ClN2O4/c1-5-23(25(30)27-18(2)3)28(17-19-8-12-21(31-4)13-9-19)24(29)7-6-16-32-22-14-10-20(26)11-15-22/h8-15,18,23H,5-7,16-17H2,1-4H3,(H,27,30)/t23-/m0/s1. The average molecular weight is 461 g/mol. The Morgan fingerprint density at radius 1 is 1.03 bits per heavy atom. The quantitative estimate of drug-likeness (QED) is 0.460. The molecular formula is C25H33ClN2O4. The molecule has 0 heterocycles. The first-order chi connectivity index (χ1) is 15.3. The number of ether oxygens (including phenoxy) is 2. The molecule has 174 valence electrons. The van der Waals surface area contributed by atoms with E-state index in [0.717, 1.165) is 11.3 Å². The Morgan fingerprint density at radius 3 is 2.22 bits per heavy atom. The largest absolute Gasteiger partial charge is 0.497 e. The molecule has 0 aliphatic carbocycles. The fourth-order valence-electron chi connectivity index (χ4n) is 3.32. The number of amides is 2. The molecule has 7 heteroatoms. The van der Waals surface area contributed by atoms with Crippen LogP contribution in [0.25, 0.3) is 0 Å². The number of carbonyl (C=O) groups is 2. The molecule has 0 aromatic heterocycles. The molecule has 1 atom stereocenters. The predicted octanol–water partition coefficient (Wildman–Crippen LogP) is 4.84. The second-order valence-electron chi connectivity index (χ2n) is 7.86. The van der Waals surface area contributed by atoms with Crippen molar-refractivity contribution in [3.63, 3.8) is 0 Å². The van der Waals surface area contributed by atoms with Crippen LogP contribution in [0.5, 0.6) is 11.5 Å². The Labute approximate surface area is 195 Å². The van der Waals surface area contributed by atoms with E-state index in [1.54, 1.807) is 36.3 Å². The van der Waals surface area contributed by atoms with E-state index in [9.17, 15) is 9.59 Å². The minimum atomic E-state index is -0.538. The number of nitrogens with one attached hydrogen (secondary N) is 1. The van der Waals surface area contributed by atoms with Crippen molar-refractivity contribution in [1.82, 2.24) is 10.2 Å². The lowest BCUT2D eigenvalue weighted by molar-refractivity contribution is -0.141. The summed E-state index contributed by atoms with van der Waals surface area (Å²) in [6.45, 7) is 6.49. The predicted molar refractivity (Wildman–Crippen MR) is 127 cm³/mol. The first kappa shape index (κ1) is 25.5. The highest BCUT2D eigenvalue weighted by molar-refractivity contribution is 6.30. The van der Waals surface area contributed by atoms with Gasteiger partial charge in [0.1, 0.15) is 17.5 Å². The molecule has 6 nitrogen and oxygen atoms in total. The highest BCUT2D eigenvalue weighted by atomic mass is 35.5. The van der Waals surface area contributed by atoms with Crippen molar-refractivity contribution >= 4 is 23.4 Å². The molecular weight excluding hydrogens is 428 g/mol. The van der Waals surface area contributed by atoms with Crippen LogP contribution in [-0.2, 0) is 16.1 Å². The highest BCUT2D eigenvalue weighted by Gasteiger charge is 2.28. The van der Waals surface area contributed by atoms with E-state index < -0.39 is 6.04 Å². The molecule has 2 amide bonds. The van der Waals surface area contributed by atoms with Gasteiger partial charge in [-0.05, 0) is 68.7 Å². The summed E-state index contributed by atoms with van der Waals surface area (Å²) in [6.07, 6.45) is 1.36. The number of hydrogen-bond acceptors (Lipinski definition) is 4. The monoisotopic (exact) mass is 460 g/mol. The number of halogens is 1. The molecule has 0 aliphatic rings. The number of rotatable bonds is 12. The van der Waals surface area contributed by atoms with Gasteiger partial charge in [0.2, 0.25) is 11.8 Å². The molecule has 32 heavy (non-hydrogen) atoms. The SMILES string of the molecule is CC[C@@H](C(=O)NC(C)C)N(Cc1ccc(OC)cc1)C(=O)CCCOc1ccc(Cl)cc1. The van der Waals surface area contributed by atoms with Gasteiger partial charge in [0.05, 0.1) is 13.7 Å². The van der Waals surface area contributed by atoms with Crippen LogP contribution in [0.15, 0.2) is 48.5 Å². The number of carbonyl (C=O) groups excluding carboxylic acids is 2. The number of benzene rings is 2. The molecule has 2 rings (SSSR count). The zero-order chi connectivity index (χ0) is 23.5. The van der Waals surface area contributed by atoms with Crippen LogP contribution in [0.4, 0.5) is 0 Å². The number of hydrogen-bond donors (Lipinski definition) is 1.